The minimum atomic E-state index is -4.17. The van der Waals surface area contributed by atoms with Crippen molar-refractivity contribution in [3.05, 3.63) is 29.8 Å². The van der Waals surface area contributed by atoms with Gasteiger partial charge in [0, 0.05) is 6.42 Å². The molecule has 1 aliphatic heterocycles. The van der Waals surface area contributed by atoms with E-state index < -0.39 is 23.4 Å². The van der Waals surface area contributed by atoms with Crippen molar-refractivity contribution < 1.29 is 27.1 Å². The molecule has 0 amide bonds. The van der Waals surface area contributed by atoms with Crippen LogP contribution in [0.25, 0.3) is 0 Å². The summed E-state index contributed by atoms with van der Waals surface area (Å²) in [6.45, 7) is 6.42. The third-order valence-corrected chi connectivity index (χ3v) is 9.25. The number of nitrogens with one attached hydrogen (secondary N) is 2. The highest BCUT2D eigenvalue weighted by Gasteiger charge is 2.35. The van der Waals surface area contributed by atoms with Crippen LogP contribution in [0, 0.1) is 5.92 Å². The fraction of sp³-hybridized carbons (Fsp3) is 0.739. The van der Waals surface area contributed by atoms with Crippen LogP contribution >= 0.6 is 7.60 Å². The number of ether oxygens (including phenoxy) is 1. The van der Waals surface area contributed by atoms with Crippen LogP contribution in [-0.4, -0.2) is 51.2 Å². The van der Waals surface area contributed by atoms with Gasteiger partial charge in [0.25, 0.3) is 0 Å². The first-order valence-corrected chi connectivity index (χ1v) is 15.4. The molecule has 2 atom stereocenters. The van der Waals surface area contributed by atoms with E-state index in [1.54, 1.807) is 19.1 Å². The zero-order chi connectivity index (χ0) is 24.2. The largest absolute Gasteiger partial charge is 0.494 e. The zero-order valence-electron chi connectivity index (χ0n) is 20.0. The fourth-order valence-electron chi connectivity index (χ4n) is 3.94. The molecule has 0 aromatic heterocycles. The van der Waals surface area contributed by atoms with Crippen LogP contribution in [0.2, 0.25) is 0 Å². The van der Waals surface area contributed by atoms with Gasteiger partial charge < -0.3 is 19.5 Å². The lowest BCUT2D eigenvalue weighted by atomic mass is 9.93. The minimum Gasteiger partial charge on any atom is -0.494 e. The molecule has 8 nitrogen and oxygen atoms in total. The molecule has 33 heavy (non-hydrogen) atoms. The van der Waals surface area contributed by atoms with Crippen molar-refractivity contribution in [1.82, 2.24) is 10.0 Å². The average Bonchev–Trinajstić information content (AvgIpc) is 2.79. The van der Waals surface area contributed by atoms with Crippen LogP contribution in [0.5, 0.6) is 5.75 Å². The van der Waals surface area contributed by atoms with Crippen molar-refractivity contribution in [2.24, 2.45) is 5.92 Å². The third-order valence-electron chi connectivity index (χ3n) is 5.88. The topological polar surface area (TPSA) is 114 Å². The van der Waals surface area contributed by atoms with Gasteiger partial charge in [0.05, 0.1) is 19.0 Å². The molecule has 0 radical (unpaired) electrons. The normalized spacial score (nSPS) is 18.0. The SMILES string of the molecule is CCCCS(=O)(=O)NC(Cc1ccc(OCCCCC2CCNCC2)cc1)P(=O)(O)OCC. The van der Waals surface area contributed by atoms with Crippen LogP contribution in [0.15, 0.2) is 24.3 Å². The smallest absolute Gasteiger partial charge is 0.346 e. The quantitative estimate of drug-likeness (QED) is 0.230. The molecule has 1 heterocycles. The molecule has 1 aromatic rings. The Morgan fingerprint density at radius 3 is 2.48 bits per heavy atom. The summed E-state index contributed by atoms with van der Waals surface area (Å²) in [4.78, 5) is 10.3. The highest BCUT2D eigenvalue weighted by Crippen LogP contribution is 2.47. The lowest BCUT2D eigenvalue weighted by Gasteiger charge is -2.23. The van der Waals surface area contributed by atoms with Gasteiger partial charge in [-0.15, -0.1) is 0 Å². The van der Waals surface area contributed by atoms with Crippen molar-refractivity contribution in [2.45, 2.75) is 71.0 Å². The van der Waals surface area contributed by atoms with E-state index in [0.717, 1.165) is 43.2 Å². The molecule has 1 fully saturated rings. The molecule has 0 spiro atoms. The summed E-state index contributed by atoms with van der Waals surface area (Å²) in [7, 11) is -7.86. The predicted octanol–water partition coefficient (Wildman–Crippen LogP) is 4.05. The number of piperidine rings is 1. The summed E-state index contributed by atoms with van der Waals surface area (Å²) in [5.74, 6) is 0.243. The highest BCUT2D eigenvalue weighted by atomic mass is 32.2. The molecule has 190 valence electrons. The maximum absolute atomic E-state index is 12.6. The molecule has 1 aromatic carbocycles. The summed E-state index contributed by atoms with van der Waals surface area (Å²) < 4.78 is 50.6. The average molecular weight is 505 g/mol. The van der Waals surface area contributed by atoms with Crippen molar-refractivity contribution in [3.8, 4) is 5.75 Å². The number of benzene rings is 1. The molecule has 2 rings (SSSR count). The van der Waals surface area contributed by atoms with Gasteiger partial charge in [0.2, 0.25) is 10.0 Å². The predicted molar refractivity (Wildman–Crippen MR) is 132 cm³/mol. The first-order chi connectivity index (χ1) is 15.8. The van der Waals surface area contributed by atoms with E-state index in [0.29, 0.717) is 19.4 Å². The maximum Gasteiger partial charge on any atom is 0.346 e. The van der Waals surface area contributed by atoms with Gasteiger partial charge in [-0.2, -0.15) is 4.72 Å². The van der Waals surface area contributed by atoms with E-state index >= 15 is 0 Å². The highest BCUT2D eigenvalue weighted by molar-refractivity contribution is 7.89. The Bertz CT molecular complexity index is 828. The Kier molecular flexibility index (Phi) is 12.4. The minimum absolute atomic E-state index is 0.0192. The number of unbranched alkanes of at least 4 members (excludes halogenated alkanes) is 2. The molecule has 0 bridgehead atoms. The van der Waals surface area contributed by atoms with Gasteiger partial charge in [-0.05, 0) is 75.7 Å². The number of hydrogen-bond donors (Lipinski definition) is 3. The van der Waals surface area contributed by atoms with E-state index in [9.17, 15) is 17.9 Å². The summed E-state index contributed by atoms with van der Waals surface area (Å²) in [5, 5.41) is 3.39. The molecule has 10 heteroatoms. The fourth-order valence-corrected chi connectivity index (χ4v) is 7.23. The Balaban J connectivity index is 1.86. The number of rotatable bonds is 16. The van der Waals surface area contributed by atoms with Gasteiger partial charge in [0.15, 0.2) is 0 Å². The van der Waals surface area contributed by atoms with E-state index in [4.69, 9.17) is 9.26 Å². The van der Waals surface area contributed by atoms with Crippen LogP contribution in [0.4, 0.5) is 0 Å². The Morgan fingerprint density at radius 1 is 1.15 bits per heavy atom. The molecule has 2 unspecified atom stereocenters. The van der Waals surface area contributed by atoms with Crippen LogP contribution in [0.3, 0.4) is 0 Å². The number of sulfonamides is 1. The van der Waals surface area contributed by atoms with Crippen molar-refractivity contribution in [1.29, 1.82) is 0 Å². The second kappa shape index (κ2) is 14.4. The second-order valence-electron chi connectivity index (χ2n) is 8.67. The van der Waals surface area contributed by atoms with Crippen molar-refractivity contribution in [2.75, 3.05) is 32.1 Å². The van der Waals surface area contributed by atoms with E-state index in [1.165, 1.54) is 19.3 Å². The molecular weight excluding hydrogens is 463 g/mol. The van der Waals surface area contributed by atoms with Crippen molar-refractivity contribution >= 4 is 17.6 Å². The standard InChI is InChI=1S/C23H41N2O6PS/c1-3-5-18-33(28,29)25-23(32(26,27)31-4-2)19-21-9-11-22(12-10-21)30-17-7-6-8-20-13-15-24-16-14-20/h9-12,20,23-25H,3-8,13-19H2,1-2H3,(H,26,27). The third kappa shape index (κ3) is 10.9. The lowest BCUT2D eigenvalue weighted by Crippen LogP contribution is -2.38. The summed E-state index contributed by atoms with van der Waals surface area (Å²) in [6.07, 6.45) is 7.20. The van der Waals surface area contributed by atoms with Gasteiger partial charge in [-0.1, -0.05) is 31.9 Å². The van der Waals surface area contributed by atoms with Crippen LogP contribution < -0.4 is 14.8 Å². The molecule has 1 aliphatic rings. The molecule has 3 N–H and O–H groups in total. The Hall–Kier alpha value is -0.960. The maximum atomic E-state index is 12.6. The Labute approximate surface area is 199 Å². The first-order valence-electron chi connectivity index (χ1n) is 12.1. The lowest BCUT2D eigenvalue weighted by molar-refractivity contribution is 0.261. The monoisotopic (exact) mass is 504 g/mol. The van der Waals surface area contributed by atoms with Crippen molar-refractivity contribution in [3.63, 3.8) is 0 Å². The number of hydrogen-bond acceptors (Lipinski definition) is 6. The second-order valence-corrected chi connectivity index (χ2v) is 12.6. The first kappa shape index (κ1) is 28.3. The van der Waals surface area contributed by atoms with Gasteiger partial charge >= 0.3 is 7.60 Å². The summed E-state index contributed by atoms with van der Waals surface area (Å²) >= 11 is 0. The summed E-state index contributed by atoms with van der Waals surface area (Å²) in [5.41, 5.74) is 0.727. The van der Waals surface area contributed by atoms with Gasteiger partial charge in [-0.25, -0.2) is 8.42 Å². The summed E-state index contributed by atoms with van der Waals surface area (Å²) in [6, 6.07) is 7.22. The van der Waals surface area contributed by atoms with Crippen LogP contribution in [-0.2, 0) is 25.5 Å². The Morgan fingerprint density at radius 2 is 1.85 bits per heavy atom. The van der Waals surface area contributed by atoms with E-state index in [-0.39, 0.29) is 18.8 Å². The van der Waals surface area contributed by atoms with Gasteiger partial charge in [0.1, 0.15) is 11.5 Å². The van der Waals surface area contributed by atoms with Crippen LogP contribution in [0.1, 0.15) is 64.4 Å². The molecular formula is C23H41N2O6PS. The molecule has 0 aliphatic carbocycles. The molecule has 0 saturated carbocycles. The van der Waals surface area contributed by atoms with E-state index in [2.05, 4.69) is 10.0 Å². The molecule has 1 saturated heterocycles. The van der Waals surface area contributed by atoms with Gasteiger partial charge in [-0.3, -0.25) is 4.57 Å². The van der Waals surface area contributed by atoms with E-state index in [1.807, 2.05) is 19.1 Å². The zero-order valence-corrected chi connectivity index (χ0v) is 21.7.